The summed E-state index contributed by atoms with van der Waals surface area (Å²) < 4.78 is 0. The summed E-state index contributed by atoms with van der Waals surface area (Å²) >= 11 is 0. The molecule has 2 aliphatic rings. The van der Waals surface area contributed by atoms with Crippen LogP contribution in [-0.4, -0.2) is 47.7 Å². The lowest BCUT2D eigenvalue weighted by atomic mass is 9.78. The average Bonchev–Trinajstić information content (AvgIpc) is 2.34. The van der Waals surface area contributed by atoms with E-state index in [-0.39, 0.29) is 5.92 Å². The summed E-state index contributed by atoms with van der Waals surface area (Å²) in [7, 11) is 0. The van der Waals surface area contributed by atoms with Gasteiger partial charge in [-0.15, -0.1) is 0 Å². The second-order valence-corrected chi connectivity index (χ2v) is 6.85. The second-order valence-electron chi connectivity index (χ2n) is 6.85. The highest BCUT2D eigenvalue weighted by molar-refractivity contribution is 5.70. The van der Waals surface area contributed by atoms with Crippen molar-refractivity contribution < 1.29 is 9.90 Å². The molecule has 4 unspecified atom stereocenters. The van der Waals surface area contributed by atoms with Gasteiger partial charge in [0.2, 0.25) is 0 Å². The van der Waals surface area contributed by atoms with Crippen LogP contribution in [-0.2, 0) is 4.79 Å². The lowest BCUT2D eigenvalue weighted by molar-refractivity contribution is -0.145. The van der Waals surface area contributed by atoms with E-state index in [2.05, 4.69) is 31.0 Å². The van der Waals surface area contributed by atoms with E-state index in [0.717, 1.165) is 32.0 Å². The lowest BCUT2D eigenvalue weighted by Crippen LogP contribution is -2.58. The van der Waals surface area contributed by atoms with Crippen LogP contribution < -0.4 is 5.32 Å². The first-order valence-corrected chi connectivity index (χ1v) is 7.67. The van der Waals surface area contributed by atoms with E-state index in [1.807, 2.05) is 0 Å². The molecule has 0 aromatic carbocycles. The third-order valence-corrected chi connectivity index (χ3v) is 4.69. The molecule has 1 aliphatic heterocycles. The fourth-order valence-electron chi connectivity index (χ4n) is 3.32. The van der Waals surface area contributed by atoms with Crippen molar-refractivity contribution in [3.63, 3.8) is 0 Å². The fraction of sp³-hybridized carbons (Fsp3) is 0.933. The fourth-order valence-corrected chi connectivity index (χ4v) is 3.32. The lowest BCUT2D eigenvalue weighted by Gasteiger charge is -2.48. The molecule has 0 aromatic heterocycles. The van der Waals surface area contributed by atoms with Crippen molar-refractivity contribution in [2.24, 2.45) is 17.8 Å². The van der Waals surface area contributed by atoms with E-state index >= 15 is 0 Å². The van der Waals surface area contributed by atoms with Gasteiger partial charge in [-0.3, -0.25) is 9.69 Å². The zero-order valence-electron chi connectivity index (χ0n) is 12.4. The highest BCUT2D eigenvalue weighted by Gasteiger charge is 2.39. The van der Waals surface area contributed by atoms with Gasteiger partial charge in [-0.05, 0) is 37.6 Å². The molecule has 1 saturated carbocycles. The molecule has 1 heterocycles. The molecule has 0 radical (unpaired) electrons. The number of rotatable bonds is 5. The van der Waals surface area contributed by atoms with Gasteiger partial charge in [0.05, 0.1) is 5.92 Å². The standard InChI is InChI=1S/C15H28N2O2/c1-10(2)7-16-13-6-12(15(18)19)8-17(9-13)14-5-4-11(14)3/h10-14,16H,4-9H2,1-3H3,(H,18,19). The van der Waals surface area contributed by atoms with Crippen LogP contribution in [0.4, 0.5) is 0 Å². The Hall–Kier alpha value is -0.610. The average molecular weight is 268 g/mol. The molecule has 0 bridgehead atoms. The van der Waals surface area contributed by atoms with Gasteiger partial charge in [-0.25, -0.2) is 0 Å². The maximum Gasteiger partial charge on any atom is 0.307 e. The number of hydrogen-bond donors (Lipinski definition) is 2. The predicted molar refractivity (Wildman–Crippen MR) is 76.1 cm³/mol. The molecular formula is C15H28N2O2. The molecule has 4 nitrogen and oxygen atoms in total. The van der Waals surface area contributed by atoms with Gasteiger partial charge in [0, 0.05) is 25.2 Å². The van der Waals surface area contributed by atoms with Gasteiger partial charge >= 0.3 is 5.97 Å². The summed E-state index contributed by atoms with van der Waals surface area (Å²) in [5, 5.41) is 12.9. The van der Waals surface area contributed by atoms with E-state index in [4.69, 9.17) is 0 Å². The maximum atomic E-state index is 11.3. The highest BCUT2D eigenvalue weighted by Crippen LogP contribution is 2.34. The molecule has 110 valence electrons. The predicted octanol–water partition coefficient (Wildman–Crippen LogP) is 1.81. The number of carbonyl (C=O) groups is 1. The van der Waals surface area contributed by atoms with E-state index in [9.17, 15) is 9.90 Å². The minimum Gasteiger partial charge on any atom is -0.481 e. The Kier molecular flexibility index (Phi) is 4.85. The highest BCUT2D eigenvalue weighted by atomic mass is 16.4. The van der Waals surface area contributed by atoms with E-state index in [0.29, 0.717) is 18.0 Å². The van der Waals surface area contributed by atoms with Crippen LogP contribution in [0.1, 0.15) is 40.0 Å². The van der Waals surface area contributed by atoms with Gasteiger partial charge in [-0.2, -0.15) is 0 Å². The smallest absolute Gasteiger partial charge is 0.307 e. The third-order valence-electron chi connectivity index (χ3n) is 4.69. The van der Waals surface area contributed by atoms with Gasteiger partial charge < -0.3 is 10.4 Å². The number of aliphatic carboxylic acids is 1. The monoisotopic (exact) mass is 268 g/mol. The summed E-state index contributed by atoms with van der Waals surface area (Å²) in [6, 6.07) is 0.954. The molecule has 4 atom stereocenters. The molecule has 0 spiro atoms. The van der Waals surface area contributed by atoms with E-state index in [1.165, 1.54) is 12.8 Å². The minimum absolute atomic E-state index is 0.203. The van der Waals surface area contributed by atoms with Crippen LogP contribution in [0.5, 0.6) is 0 Å². The van der Waals surface area contributed by atoms with Gasteiger partial charge in [0.15, 0.2) is 0 Å². The Balaban J connectivity index is 1.94. The molecule has 19 heavy (non-hydrogen) atoms. The second kappa shape index (κ2) is 6.23. The molecule has 0 amide bonds. The van der Waals surface area contributed by atoms with Crippen LogP contribution in [0.3, 0.4) is 0 Å². The Labute approximate surface area is 116 Å². The quantitative estimate of drug-likeness (QED) is 0.798. The number of piperidine rings is 1. The molecular weight excluding hydrogens is 240 g/mol. The Morgan fingerprint density at radius 3 is 2.58 bits per heavy atom. The summed E-state index contributed by atoms with van der Waals surface area (Å²) in [4.78, 5) is 13.8. The number of likely N-dealkylation sites (tertiary alicyclic amines) is 1. The largest absolute Gasteiger partial charge is 0.481 e. The van der Waals surface area contributed by atoms with Gasteiger partial charge in [-0.1, -0.05) is 20.8 Å². The number of carboxylic acid groups (broad SMARTS) is 1. The van der Waals surface area contributed by atoms with Crippen molar-refractivity contribution in [2.75, 3.05) is 19.6 Å². The molecule has 4 heteroatoms. The first-order chi connectivity index (χ1) is 8.97. The third kappa shape index (κ3) is 3.69. The number of nitrogens with one attached hydrogen (secondary N) is 1. The SMILES string of the molecule is CC(C)CNC1CC(C(=O)O)CN(C2CCC2C)C1. The molecule has 2 fully saturated rings. The van der Waals surface area contributed by atoms with Crippen molar-refractivity contribution in [3.8, 4) is 0 Å². The minimum atomic E-state index is -0.631. The summed E-state index contributed by atoms with van der Waals surface area (Å²) in [6.07, 6.45) is 3.31. The molecule has 1 aliphatic carbocycles. The van der Waals surface area contributed by atoms with Crippen LogP contribution in [0.25, 0.3) is 0 Å². The molecule has 0 aromatic rings. The summed E-state index contributed by atoms with van der Waals surface area (Å²) in [5.41, 5.74) is 0. The van der Waals surface area contributed by atoms with Crippen molar-refractivity contribution >= 4 is 5.97 Å². The van der Waals surface area contributed by atoms with Crippen molar-refractivity contribution in [1.82, 2.24) is 10.2 Å². The zero-order valence-corrected chi connectivity index (χ0v) is 12.4. The van der Waals surface area contributed by atoms with Crippen LogP contribution >= 0.6 is 0 Å². The van der Waals surface area contributed by atoms with Gasteiger partial charge in [0.25, 0.3) is 0 Å². The number of nitrogens with zero attached hydrogens (tertiary/aromatic N) is 1. The van der Waals surface area contributed by atoms with Crippen molar-refractivity contribution in [2.45, 2.75) is 52.1 Å². The Morgan fingerprint density at radius 1 is 1.37 bits per heavy atom. The first kappa shape index (κ1) is 14.8. The normalized spacial score (nSPS) is 36.2. The van der Waals surface area contributed by atoms with Gasteiger partial charge in [0.1, 0.15) is 0 Å². The van der Waals surface area contributed by atoms with E-state index in [1.54, 1.807) is 0 Å². The van der Waals surface area contributed by atoms with Crippen molar-refractivity contribution in [3.05, 3.63) is 0 Å². The molecule has 2 rings (SSSR count). The summed E-state index contributed by atoms with van der Waals surface area (Å²) in [6.45, 7) is 9.41. The van der Waals surface area contributed by atoms with E-state index < -0.39 is 5.97 Å². The zero-order chi connectivity index (χ0) is 14.0. The first-order valence-electron chi connectivity index (χ1n) is 7.67. The molecule has 2 N–H and O–H groups in total. The number of carboxylic acids is 1. The maximum absolute atomic E-state index is 11.3. The van der Waals surface area contributed by atoms with Crippen LogP contribution in [0, 0.1) is 17.8 Å². The number of hydrogen-bond acceptors (Lipinski definition) is 3. The topological polar surface area (TPSA) is 52.6 Å². The van der Waals surface area contributed by atoms with Crippen LogP contribution in [0.2, 0.25) is 0 Å². The Bertz CT molecular complexity index is 319. The van der Waals surface area contributed by atoms with Crippen LogP contribution in [0.15, 0.2) is 0 Å². The molecule has 1 saturated heterocycles. The summed E-state index contributed by atoms with van der Waals surface area (Å²) in [5.74, 6) is 0.513. The Morgan fingerprint density at radius 2 is 2.11 bits per heavy atom. The van der Waals surface area contributed by atoms with Crippen molar-refractivity contribution in [1.29, 1.82) is 0 Å².